The van der Waals surface area contributed by atoms with E-state index in [4.69, 9.17) is 8.94 Å². The van der Waals surface area contributed by atoms with E-state index in [1.807, 2.05) is 30.9 Å². The molecule has 3 heterocycles. The van der Waals surface area contributed by atoms with Gasteiger partial charge in [0.05, 0.1) is 18.0 Å². The summed E-state index contributed by atoms with van der Waals surface area (Å²) in [5.74, 6) is 1.85. The molecule has 2 atom stereocenters. The molecule has 0 bridgehead atoms. The third kappa shape index (κ3) is 3.89. The van der Waals surface area contributed by atoms with Gasteiger partial charge < -0.3 is 19.2 Å². The van der Waals surface area contributed by atoms with Gasteiger partial charge in [-0.05, 0) is 38.8 Å². The summed E-state index contributed by atoms with van der Waals surface area (Å²) < 4.78 is 10.8. The van der Waals surface area contributed by atoms with Crippen LogP contribution in [-0.4, -0.2) is 29.2 Å². The number of aryl methyl sites for hydroxylation is 2. The molecule has 2 aromatic heterocycles. The van der Waals surface area contributed by atoms with Crippen molar-refractivity contribution in [3.63, 3.8) is 0 Å². The molecule has 1 saturated heterocycles. The van der Waals surface area contributed by atoms with Crippen LogP contribution in [0.5, 0.6) is 0 Å². The monoisotopic (exact) mass is 345 g/mol. The second-order valence-corrected chi connectivity index (χ2v) is 6.90. The second-order valence-electron chi connectivity index (χ2n) is 6.90. The SMILES string of the molecule is Cc1noc(C)c1[C@H](C)CNC(=O)N1CCCCC[C@@H]1c1ccco1. The minimum Gasteiger partial charge on any atom is -0.467 e. The molecular weight excluding hydrogens is 318 g/mol. The van der Waals surface area contributed by atoms with Crippen molar-refractivity contribution in [2.75, 3.05) is 13.1 Å². The Morgan fingerprint density at radius 1 is 1.40 bits per heavy atom. The normalized spacial score (nSPS) is 19.5. The Balaban J connectivity index is 1.66. The largest absolute Gasteiger partial charge is 0.467 e. The molecule has 0 spiro atoms. The van der Waals surface area contributed by atoms with E-state index in [2.05, 4.69) is 17.4 Å². The Morgan fingerprint density at radius 2 is 2.24 bits per heavy atom. The van der Waals surface area contributed by atoms with E-state index in [0.29, 0.717) is 6.54 Å². The van der Waals surface area contributed by atoms with Gasteiger partial charge in [-0.25, -0.2) is 4.79 Å². The van der Waals surface area contributed by atoms with Crippen molar-refractivity contribution in [3.05, 3.63) is 41.2 Å². The van der Waals surface area contributed by atoms with Gasteiger partial charge in [0.15, 0.2) is 0 Å². The number of amides is 2. The highest BCUT2D eigenvalue weighted by Gasteiger charge is 2.29. The van der Waals surface area contributed by atoms with Crippen molar-refractivity contribution >= 4 is 6.03 Å². The Morgan fingerprint density at radius 3 is 2.92 bits per heavy atom. The fraction of sp³-hybridized carbons (Fsp3) is 0.579. The number of carbonyl (C=O) groups is 1. The minimum absolute atomic E-state index is 0.0203. The van der Waals surface area contributed by atoms with Crippen LogP contribution in [0.2, 0.25) is 0 Å². The average molecular weight is 345 g/mol. The summed E-state index contributed by atoms with van der Waals surface area (Å²) in [5.41, 5.74) is 1.97. The molecule has 0 saturated carbocycles. The van der Waals surface area contributed by atoms with E-state index in [9.17, 15) is 4.79 Å². The highest BCUT2D eigenvalue weighted by Crippen LogP contribution is 2.30. The lowest BCUT2D eigenvalue weighted by Gasteiger charge is -2.29. The van der Waals surface area contributed by atoms with Gasteiger partial charge in [0.25, 0.3) is 0 Å². The number of furan rings is 1. The fourth-order valence-corrected chi connectivity index (χ4v) is 3.77. The number of nitrogens with one attached hydrogen (secondary N) is 1. The van der Waals surface area contributed by atoms with Crippen LogP contribution < -0.4 is 5.32 Å². The maximum absolute atomic E-state index is 12.8. The van der Waals surface area contributed by atoms with Crippen LogP contribution in [0.15, 0.2) is 27.3 Å². The lowest BCUT2D eigenvalue weighted by molar-refractivity contribution is 0.166. The molecule has 1 aliphatic rings. The molecule has 0 unspecified atom stereocenters. The van der Waals surface area contributed by atoms with Crippen molar-refractivity contribution in [2.45, 2.75) is 58.4 Å². The summed E-state index contributed by atoms with van der Waals surface area (Å²) in [6.45, 7) is 7.25. The number of likely N-dealkylation sites (tertiary alicyclic amines) is 1. The Hall–Kier alpha value is -2.24. The van der Waals surface area contributed by atoms with Crippen LogP contribution in [0, 0.1) is 13.8 Å². The first-order valence-electron chi connectivity index (χ1n) is 9.08. The van der Waals surface area contributed by atoms with Crippen LogP contribution in [0.1, 0.15) is 67.3 Å². The van der Waals surface area contributed by atoms with Gasteiger partial charge in [-0.2, -0.15) is 0 Å². The topological polar surface area (TPSA) is 71.5 Å². The molecule has 25 heavy (non-hydrogen) atoms. The second kappa shape index (κ2) is 7.76. The first-order chi connectivity index (χ1) is 12.1. The van der Waals surface area contributed by atoms with Crippen LogP contribution in [0.3, 0.4) is 0 Å². The molecule has 0 aromatic carbocycles. The third-order valence-electron chi connectivity index (χ3n) is 5.03. The summed E-state index contributed by atoms with van der Waals surface area (Å²) in [7, 11) is 0. The average Bonchev–Trinajstić information content (AvgIpc) is 3.16. The summed E-state index contributed by atoms with van der Waals surface area (Å²) in [4.78, 5) is 14.8. The molecule has 0 radical (unpaired) electrons. The van der Waals surface area contributed by atoms with E-state index in [0.717, 1.165) is 55.0 Å². The van der Waals surface area contributed by atoms with Crippen LogP contribution in [-0.2, 0) is 0 Å². The van der Waals surface area contributed by atoms with Crippen molar-refractivity contribution < 1.29 is 13.7 Å². The maximum Gasteiger partial charge on any atom is 0.318 e. The van der Waals surface area contributed by atoms with Gasteiger partial charge in [0.2, 0.25) is 0 Å². The van der Waals surface area contributed by atoms with Crippen molar-refractivity contribution in [1.82, 2.24) is 15.4 Å². The molecule has 0 aliphatic carbocycles. The highest BCUT2D eigenvalue weighted by molar-refractivity contribution is 5.74. The quantitative estimate of drug-likeness (QED) is 0.896. The lowest BCUT2D eigenvalue weighted by Crippen LogP contribution is -2.43. The Bertz CT molecular complexity index is 673. The van der Waals surface area contributed by atoms with E-state index < -0.39 is 0 Å². The van der Waals surface area contributed by atoms with Crippen molar-refractivity contribution in [1.29, 1.82) is 0 Å². The molecule has 136 valence electrons. The van der Waals surface area contributed by atoms with E-state index in [-0.39, 0.29) is 18.0 Å². The van der Waals surface area contributed by atoms with Gasteiger partial charge in [0.1, 0.15) is 11.5 Å². The van der Waals surface area contributed by atoms with E-state index in [1.54, 1.807) is 6.26 Å². The number of aromatic nitrogens is 1. The zero-order valence-corrected chi connectivity index (χ0v) is 15.2. The molecular formula is C19H27N3O3. The standard InChI is InChI=1S/C19H27N3O3/c1-13(18-14(2)21-25-15(18)3)12-20-19(23)22-10-6-4-5-8-16(22)17-9-7-11-24-17/h7,9,11,13,16H,4-6,8,10,12H2,1-3H3,(H,20,23)/t13-,16-/m1/s1. The zero-order chi connectivity index (χ0) is 17.8. The van der Waals surface area contributed by atoms with E-state index in [1.165, 1.54) is 0 Å². The number of rotatable bonds is 4. The number of nitrogens with zero attached hydrogens (tertiary/aromatic N) is 2. The number of urea groups is 1. The summed E-state index contributed by atoms with van der Waals surface area (Å²) in [5, 5.41) is 7.09. The van der Waals surface area contributed by atoms with Gasteiger partial charge in [-0.1, -0.05) is 24.9 Å². The van der Waals surface area contributed by atoms with Crippen LogP contribution in [0.25, 0.3) is 0 Å². The minimum atomic E-state index is -0.0260. The zero-order valence-electron chi connectivity index (χ0n) is 15.2. The van der Waals surface area contributed by atoms with Gasteiger partial charge in [0, 0.05) is 24.6 Å². The summed E-state index contributed by atoms with van der Waals surface area (Å²) in [6, 6.07) is 3.84. The first-order valence-corrected chi connectivity index (χ1v) is 9.08. The maximum atomic E-state index is 12.8. The molecule has 1 aliphatic heterocycles. The number of carbonyl (C=O) groups excluding carboxylic acids is 1. The Labute approximate surface area is 148 Å². The highest BCUT2D eigenvalue weighted by atomic mass is 16.5. The lowest BCUT2D eigenvalue weighted by atomic mass is 10.00. The molecule has 2 amide bonds. The smallest absolute Gasteiger partial charge is 0.318 e. The van der Waals surface area contributed by atoms with Gasteiger partial charge >= 0.3 is 6.03 Å². The predicted octanol–water partition coefficient (Wildman–Crippen LogP) is 4.31. The third-order valence-corrected chi connectivity index (χ3v) is 5.03. The molecule has 6 heteroatoms. The molecule has 1 N–H and O–H groups in total. The van der Waals surface area contributed by atoms with Crippen LogP contribution in [0.4, 0.5) is 4.79 Å². The number of hydrogen-bond acceptors (Lipinski definition) is 4. The van der Waals surface area contributed by atoms with Crippen molar-refractivity contribution in [3.8, 4) is 0 Å². The first kappa shape index (κ1) is 17.6. The van der Waals surface area contributed by atoms with E-state index >= 15 is 0 Å². The fourth-order valence-electron chi connectivity index (χ4n) is 3.77. The predicted molar refractivity (Wildman–Crippen MR) is 94.4 cm³/mol. The van der Waals surface area contributed by atoms with Crippen molar-refractivity contribution in [2.24, 2.45) is 0 Å². The van der Waals surface area contributed by atoms with Gasteiger partial charge in [-0.3, -0.25) is 0 Å². The summed E-state index contributed by atoms with van der Waals surface area (Å²) in [6.07, 6.45) is 5.92. The molecule has 2 aromatic rings. The Kier molecular flexibility index (Phi) is 5.46. The molecule has 3 rings (SSSR count). The molecule has 1 fully saturated rings. The number of hydrogen-bond donors (Lipinski definition) is 1. The summed E-state index contributed by atoms with van der Waals surface area (Å²) >= 11 is 0. The molecule has 6 nitrogen and oxygen atoms in total. The van der Waals surface area contributed by atoms with Gasteiger partial charge in [-0.15, -0.1) is 0 Å². The van der Waals surface area contributed by atoms with Crippen LogP contribution >= 0.6 is 0 Å².